The average Bonchev–Trinajstić information content (AvgIpc) is 2.99. The Kier molecular flexibility index (Phi) is 3.41. The van der Waals surface area contributed by atoms with Gasteiger partial charge >= 0.3 is 0 Å². The molecule has 104 valence electrons. The van der Waals surface area contributed by atoms with E-state index in [-0.39, 0.29) is 0 Å². The van der Waals surface area contributed by atoms with E-state index in [0.717, 1.165) is 30.8 Å². The van der Waals surface area contributed by atoms with Crippen molar-refractivity contribution < 1.29 is 4.74 Å². The van der Waals surface area contributed by atoms with Crippen LogP contribution >= 0.6 is 0 Å². The third-order valence-electron chi connectivity index (χ3n) is 4.00. The van der Waals surface area contributed by atoms with Crippen molar-refractivity contribution in [1.29, 1.82) is 0 Å². The summed E-state index contributed by atoms with van der Waals surface area (Å²) in [6.07, 6.45) is 5.06. The maximum atomic E-state index is 5.90. The molecule has 2 saturated heterocycles. The van der Waals surface area contributed by atoms with E-state index < -0.39 is 0 Å². The monoisotopic (exact) mass is 262 g/mol. The number of nitrogen functional groups attached to an aromatic ring is 1. The number of nitrogens with two attached hydrogens (primary N) is 1. The molecule has 2 bridgehead atoms. The summed E-state index contributed by atoms with van der Waals surface area (Å²) in [4.78, 5) is 9.27. The first-order valence-corrected chi connectivity index (χ1v) is 7.15. The third kappa shape index (κ3) is 2.58. The number of aromatic nitrogens is 2. The molecule has 3 N–H and O–H groups in total. The Morgan fingerprint density at radius 3 is 2.84 bits per heavy atom. The van der Waals surface area contributed by atoms with Gasteiger partial charge in [0, 0.05) is 17.7 Å². The van der Waals surface area contributed by atoms with E-state index in [1.807, 2.05) is 6.07 Å². The van der Waals surface area contributed by atoms with Crippen LogP contribution in [0.2, 0.25) is 0 Å². The predicted octanol–water partition coefficient (Wildman–Crippen LogP) is 2.00. The first-order valence-electron chi connectivity index (χ1n) is 7.15. The van der Waals surface area contributed by atoms with Crippen molar-refractivity contribution in [3.63, 3.8) is 0 Å². The molecule has 0 aliphatic carbocycles. The fourth-order valence-electron chi connectivity index (χ4n) is 3.19. The SMILES string of the molecule is CC(C)Cc1cc(NN)nc(C2CC3CCC2O3)n1. The minimum Gasteiger partial charge on any atom is -0.374 e. The zero-order valence-corrected chi connectivity index (χ0v) is 11.6. The maximum Gasteiger partial charge on any atom is 0.143 e. The molecular weight excluding hydrogens is 240 g/mol. The molecule has 2 aliphatic rings. The van der Waals surface area contributed by atoms with E-state index in [1.54, 1.807) is 0 Å². The zero-order chi connectivity index (χ0) is 13.4. The van der Waals surface area contributed by atoms with Gasteiger partial charge in [-0.3, -0.25) is 0 Å². The fourth-order valence-corrected chi connectivity index (χ4v) is 3.19. The highest BCUT2D eigenvalue weighted by Crippen LogP contribution is 2.43. The number of ether oxygens (including phenoxy) is 1. The van der Waals surface area contributed by atoms with Crippen molar-refractivity contribution in [3.8, 4) is 0 Å². The normalized spacial score (nSPS) is 29.2. The summed E-state index contributed by atoms with van der Waals surface area (Å²) in [5.41, 5.74) is 3.72. The number of fused-ring (bicyclic) bond motifs is 2. The Balaban J connectivity index is 1.87. The largest absolute Gasteiger partial charge is 0.374 e. The summed E-state index contributed by atoms with van der Waals surface area (Å²) in [6.45, 7) is 4.38. The predicted molar refractivity (Wildman–Crippen MR) is 73.6 cm³/mol. The lowest BCUT2D eigenvalue weighted by Crippen LogP contribution is -2.20. The van der Waals surface area contributed by atoms with Crippen LogP contribution in [0.15, 0.2) is 6.07 Å². The van der Waals surface area contributed by atoms with Crippen molar-refractivity contribution in [2.24, 2.45) is 11.8 Å². The van der Waals surface area contributed by atoms with Crippen molar-refractivity contribution in [1.82, 2.24) is 9.97 Å². The highest BCUT2D eigenvalue weighted by Gasteiger charge is 2.43. The maximum absolute atomic E-state index is 5.90. The Bertz CT molecular complexity index is 463. The molecule has 3 heterocycles. The van der Waals surface area contributed by atoms with Crippen LogP contribution in [-0.4, -0.2) is 22.2 Å². The molecule has 3 atom stereocenters. The van der Waals surface area contributed by atoms with Crippen molar-refractivity contribution in [3.05, 3.63) is 17.6 Å². The van der Waals surface area contributed by atoms with Crippen LogP contribution in [0, 0.1) is 5.92 Å². The number of nitrogens with zero attached hydrogens (tertiary/aromatic N) is 2. The van der Waals surface area contributed by atoms with Gasteiger partial charge in [-0.2, -0.15) is 0 Å². The summed E-state index contributed by atoms with van der Waals surface area (Å²) in [5.74, 6) is 8.05. The van der Waals surface area contributed by atoms with Crippen molar-refractivity contribution in [2.45, 2.75) is 57.7 Å². The molecule has 0 spiro atoms. The average molecular weight is 262 g/mol. The van der Waals surface area contributed by atoms with E-state index in [1.165, 1.54) is 6.42 Å². The van der Waals surface area contributed by atoms with E-state index in [2.05, 4.69) is 24.3 Å². The molecule has 3 rings (SSSR count). The minimum atomic E-state index is 0.310. The highest BCUT2D eigenvalue weighted by molar-refractivity contribution is 5.35. The van der Waals surface area contributed by atoms with Gasteiger partial charge in [-0.15, -0.1) is 0 Å². The molecule has 19 heavy (non-hydrogen) atoms. The minimum absolute atomic E-state index is 0.310. The lowest BCUT2D eigenvalue weighted by molar-refractivity contribution is 0.0998. The summed E-state index contributed by atoms with van der Waals surface area (Å²) < 4.78 is 5.90. The third-order valence-corrected chi connectivity index (χ3v) is 4.00. The smallest absolute Gasteiger partial charge is 0.143 e. The molecule has 0 saturated carbocycles. The van der Waals surface area contributed by atoms with Gasteiger partial charge in [0.15, 0.2) is 0 Å². The van der Waals surface area contributed by atoms with Gasteiger partial charge in [-0.1, -0.05) is 13.8 Å². The second-order valence-electron chi connectivity index (χ2n) is 6.06. The van der Waals surface area contributed by atoms with Gasteiger partial charge in [0.2, 0.25) is 0 Å². The van der Waals surface area contributed by atoms with Crippen LogP contribution < -0.4 is 11.3 Å². The number of nitrogens with one attached hydrogen (secondary N) is 1. The van der Waals surface area contributed by atoms with E-state index in [0.29, 0.717) is 29.9 Å². The first kappa shape index (κ1) is 12.8. The molecule has 5 heteroatoms. The molecule has 3 unspecified atom stereocenters. The van der Waals surface area contributed by atoms with Crippen LogP contribution in [0.25, 0.3) is 0 Å². The Hall–Kier alpha value is -1.20. The van der Waals surface area contributed by atoms with Crippen LogP contribution in [-0.2, 0) is 11.2 Å². The molecule has 1 aromatic rings. The van der Waals surface area contributed by atoms with Crippen molar-refractivity contribution in [2.75, 3.05) is 5.43 Å². The summed E-state index contributed by atoms with van der Waals surface area (Å²) in [6, 6.07) is 1.94. The zero-order valence-electron chi connectivity index (χ0n) is 11.6. The molecule has 0 amide bonds. The number of hydrogen-bond acceptors (Lipinski definition) is 5. The van der Waals surface area contributed by atoms with E-state index >= 15 is 0 Å². The van der Waals surface area contributed by atoms with Gasteiger partial charge < -0.3 is 10.2 Å². The molecule has 0 aromatic carbocycles. The second kappa shape index (κ2) is 5.06. The van der Waals surface area contributed by atoms with E-state index in [9.17, 15) is 0 Å². The Morgan fingerprint density at radius 2 is 2.26 bits per heavy atom. The number of hydrazine groups is 1. The highest BCUT2D eigenvalue weighted by atomic mass is 16.5. The summed E-state index contributed by atoms with van der Waals surface area (Å²) in [7, 11) is 0. The standard InChI is InChI=1S/C14H22N4O/c1-8(2)5-9-6-13(18-15)17-14(16-9)11-7-10-3-4-12(11)19-10/h6,8,10-12H,3-5,7,15H2,1-2H3,(H,16,17,18). The van der Waals surface area contributed by atoms with Gasteiger partial charge in [0.1, 0.15) is 11.6 Å². The lowest BCUT2D eigenvalue weighted by atomic mass is 9.88. The molecule has 0 radical (unpaired) electrons. The van der Waals surface area contributed by atoms with E-state index in [4.69, 9.17) is 15.6 Å². The number of anilines is 1. The number of rotatable bonds is 4. The van der Waals surface area contributed by atoms with Crippen LogP contribution in [0.4, 0.5) is 5.82 Å². The molecule has 2 fully saturated rings. The van der Waals surface area contributed by atoms with Crippen LogP contribution in [0.5, 0.6) is 0 Å². The van der Waals surface area contributed by atoms with Crippen molar-refractivity contribution >= 4 is 5.82 Å². The molecule has 5 nitrogen and oxygen atoms in total. The van der Waals surface area contributed by atoms with Gasteiger partial charge in [0.25, 0.3) is 0 Å². The van der Waals surface area contributed by atoms with Gasteiger partial charge in [-0.05, 0) is 31.6 Å². The summed E-state index contributed by atoms with van der Waals surface area (Å²) >= 11 is 0. The van der Waals surface area contributed by atoms with Gasteiger partial charge in [0.05, 0.1) is 12.2 Å². The van der Waals surface area contributed by atoms with Crippen LogP contribution in [0.3, 0.4) is 0 Å². The second-order valence-corrected chi connectivity index (χ2v) is 6.06. The Labute approximate surface area is 113 Å². The molecular formula is C14H22N4O. The topological polar surface area (TPSA) is 73.1 Å². The molecule has 1 aromatic heterocycles. The van der Waals surface area contributed by atoms with Crippen LogP contribution in [0.1, 0.15) is 50.5 Å². The Morgan fingerprint density at radius 1 is 1.42 bits per heavy atom. The first-order chi connectivity index (χ1) is 9.15. The quantitative estimate of drug-likeness (QED) is 0.641. The molecule has 2 aliphatic heterocycles. The number of hydrogen-bond donors (Lipinski definition) is 2. The van der Waals surface area contributed by atoms with Gasteiger partial charge in [-0.25, -0.2) is 15.8 Å². The summed E-state index contributed by atoms with van der Waals surface area (Å²) in [5, 5.41) is 0. The lowest BCUT2D eigenvalue weighted by Gasteiger charge is -2.18. The fraction of sp³-hybridized carbons (Fsp3) is 0.714.